The van der Waals surface area contributed by atoms with Crippen LogP contribution >= 0.6 is 11.6 Å². The van der Waals surface area contributed by atoms with Crippen LogP contribution in [-0.2, 0) is 11.3 Å². The van der Waals surface area contributed by atoms with Crippen molar-refractivity contribution in [3.05, 3.63) is 41.4 Å². The molecule has 110 valence electrons. The molecule has 0 aliphatic rings. The summed E-state index contributed by atoms with van der Waals surface area (Å²) in [5.41, 5.74) is 0.203. The fourth-order valence-electron chi connectivity index (χ4n) is 1.54. The minimum atomic E-state index is -1.06. The van der Waals surface area contributed by atoms with Crippen molar-refractivity contribution in [1.29, 1.82) is 0 Å². The first-order valence-electron chi connectivity index (χ1n) is 5.72. The number of hydrogen-bond donors (Lipinski definition) is 3. The second-order valence-corrected chi connectivity index (χ2v) is 4.41. The van der Waals surface area contributed by atoms with E-state index in [1.807, 2.05) is 0 Å². The highest BCUT2D eigenvalue weighted by atomic mass is 35.5. The Morgan fingerprint density at radius 2 is 2.14 bits per heavy atom. The number of nitrogens with zero attached hydrogens (tertiary/aromatic N) is 2. The standard InChI is InChI=1S/C12H10ClFN4O3/c13-8-2-1-3-9(11(8)14)17-12(21)16-7-4-15-18(5-7)6-10(19)20/h1-5H,6H2,(H,19,20)(H2,16,17,21). The molecule has 0 radical (unpaired) electrons. The average Bonchev–Trinajstić information content (AvgIpc) is 2.81. The highest BCUT2D eigenvalue weighted by molar-refractivity contribution is 6.31. The largest absolute Gasteiger partial charge is 0.480 e. The van der Waals surface area contributed by atoms with Crippen LogP contribution in [0.1, 0.15) is 0 Å². The minimum Gasteiger partial charge on any atom is -0.480 e. The Hall–Kier alpha value is -2.61. The number of hydrogen-bond acceptors (Lipinski definition) is 3. The second-order valence-electron chi connectivity index (χ2n) is 4.00. The van der Waals surface area contributed by atoms with Gasteiger partial charge in [0.05, 0.1) is 22.6 Å². The molecule has 2 rings (SSSR count). The number of carbonyl (C=O) groups excluding carboxylic acids is 1. The number of benzene rings is 1. The topological polar surface area (TPSA) is 96.2 Å². The summed E-state index contributed by atoms with van der Waals surface area (Å²) in [4.78, 5) is 22.2. The summed E-state index contributed by atoms with van der Waals surface area (Å²) in [6.07, 6.45) is 2.61. The predicted octanol–water partition coefficient (Wildman–Crippen LogP) is 2.40. The highest BCUT2D eigenvalue weighted by Gasteiger charge is 2.10. The summed E-state index contributed by atoms with van der Waals surface area (Å²) in [5.74, 6) is -1.80. The number of halogens is 2. The molecular formula is C12H10ClFN4O3. The quantitative estimate of drug-likeness (QED) is 0.807. The van der Waals surface area contributed by atoms with Gasteiger partial charge in [0.25, 0.3) is 0 Å². The maximum absolute atomic E-state index is 13.6. The van der Waals surface area contributed by atoms with Crippen LogP contribution in [0.5, 0.6) is 0 Å². The third-order valence-electron chi connectivity index (χ3n) is 2.39. The lowest BCUT2D eigenvalue weighted by Crippen LogP contribution is -2.20. The normalized spacial score (nSPS) is 10.2. The molecule has 0 saturated heterocycles. The van der Waals surface area contributed by atoms with E-state index in [-0.39, 0.29) is 22.9 Å². The molecule has 21 heavy (non-hydrogen) atoms. The van der Waals surface area contributed by atoms with E-state index in [4.69, 9.17) is 16.7 Å². The molecule has 2 aromatic rings. The lowest BCUT2D eigenvalue weighted by atomic mass is 10.3. The van der Waals surface area contributed by atoms with Crippen molar-refractivity contribution in [2.24, 2.45) is 0 Å². The van der Waals surface area contributed by atoms with E-state index in [1.165, 1.54) is 30.6 Å². The molecule has 0 unspecified atom stereocenters. The van der Waals surface area contributed by atoms with Crippen molar-refractivity contribution >= 4 is 35.0 Å². The van der Waals surface area contributed by atoms with Gasteiger partial charge in [-0.05, 0) is 12.1 Å². The molecule has 0 fully saturated rings. The van der Waals surface area contributed by atoms with E-state index >= 15 is 0 Å². The predicted molar refractivity (Wildman–Crippen MR) is 73.9 cm³/mol. The van der Waals surface area contributed by atoms with Crippen LogP contribution in [-0.4, -0.2) is 26.9 Å². The Kier molecular flexibility index (Phi) is 4.39. The number of carboxylic acid groups (broad SMARTS) is 1. The van der Waals surface area contributed by atoms with Crippen molar-refractivity contribution in [2.75, 3.05) is 10.6 Å². The number of nitrogens with one attached hydrogen (secondary N) is 2. The summed E-state index contributed by atoms with van der Waals surface area (Å²) in [6.45, 7) is -0.327. The van der Waals surface area contributed by atoms with E-state index in [0.29, 0.717) is 0 Å². The zero-order chi connectivity index (χ0) is 15.4. The highest BCUT2D eigenvalue weighted by Crippen LogP contribution is 2.22. The van der Waals surface area contributed by atoms with Crippen LogP contribution in [0.4, 0.5) is 20.6 Å². The van der Waals surface area contributed by atoms with Crippen LogP contribution in [0.2, 0.25) is 5.02 Å². The molecule has 0 spiro atoms. The van der Waals surface area contributed by atoms with Crippen molar-refractivity contribution in [3.63, 3.8) is 0 Å². The molecule has 9 heteroatoms. The monoisotopic (exact) mass is 312 g/mol. The lowest BCUT2D eigenvalue weighted by Gasteiger charge is -2.07. The second kappa shape index (κ2) is 6.23. The van der Waals surface area contributed by atoms with Crippen LogP contribution < -0.4 is 10.6 Å². The first kappa shape index (κ1) is 14.8. The van der Waals surface area contributed by atoms with Gasteiger partial charge in [0, 0.05) is 6.20 Å². The van der Waals surface area contributed by atoms with Crippen molar-refractivity contribution in [1.82, 2.24) is 9.78 Å². The van der Waals surface area contributed by atoms with E-state index in [1.54, 1.807) is 0 Å². The first-order chi connectivity index (χ1) is 9.95. The number of anilines is 2. The van der Waals surface area contributed by atoms with E-state index < -0.39 is 17.8 Å². The Morgan fingerprint density at radius 3 is 2.86 bits per heavy atom. The van der Waals surface area contributed by atoms with Gasteiger partial charge in [0.2, 0.25) is 0 Å². The first-order valence-corrected chi connectivity index (χ1v) is 6.10. The number of aliphatic carboxylic acids is 1. The van der Waals surface area contributed by atoms with Gasteiger partial charge in [-0.1, -0.05) is 17.7 Å². The summed E-state index contributed by atoms with van der Waals surface area (Å²) in [7, 11) is 0. The van der Waals surface area contributed by atoms with Crippen molar-refractivity contribution in [3.8, 4) is 0 Å². The maximum Gasteiger partial charge on any atom is 0.325 e. The molecular weight excluding hydrogens is 303 g/mol. The van der Waals surface area contributed by atoms with Crippen molar-refractivity contribution < 1.29 is 19.1 Å². The molecule has 2 amide bonds. The number of urea groups is 1. The van der Waals surface area contributed by atoms with Crippen LogP contribution in [0.3, 0.4) is 0 Å². The third kappa shape index (κ3) is 3.93. The summed E-state index contributed by atoms with van der Waals surface area (Å²) >= 11 is 5.59. The van der Waals surface area contributed by atoms with Crippen LogP contribution in [0.25, 0.3) is 0 Å². The van der Waals surface area contributed by atoms with Gasteiger partial charge in [-0.25, -0.2) is 9.18 Å². The van der Waals surface area contributed by atoms with Gasteiger partial charge in [0.15, 0.2) is 5.82 Å². The van der Waals surface area contributed by atoms with Gasteiger partial charge in [-0.3, -0.25) is 9.48 Å². The summed E-state index contributed by atoms with van der Waals surface area (Å²) in [5, 5.41) is 16.9. The molecule has 7 nitrogen and oxygen atoms in total. The molecule has 0 saturated carbocycles. The Bertz CT molecular complexity index is 689. The SMILES string of the molecule is O=C(O)Cn1cc(NC(=O)Nc2cccc(Cl)c2F)cn1. The van der Waals surface area contributed by atoms with Gasteiger partial charge in [-0.2, -0.15) is 5.10 Å². The van der Waals surface area contributed by atoms with E-state index in [9.17, 15) is 14.0 Å². The van der Waals surface area contributed by atoms with E-state index in [0.717, 1.165) is 4.68 Å². The summed E-state index contributed by atoms with van der Waals surface area (Å²) < 4.78 is 14.7. The maximum atomic E-state index is 13.6. The van der Waals surface area contributed by atoms with Crippen LogP contribution in [0, 0.1) is 5.82 Å². The van der Waals surface area contributed by atoms with Gasteiger partial charge >= 0.3 is 12.0 Å². The van der Waals surface area contributed by atoms with Gasteiger partial charge in [-0.15, -0.1) is 0 Å². The Morgan fingerprint density at radius 1 is 1.38 bits per heavy atom. The lowest BCUT2D eigenvalue weighted by molar-refractivity contribution is -0.137. The fourth-order valence-corrected chi connectivity index (χ4v) is 1.71. The average molecular weight is 313 g/mol. The van der Waals surface area contributed by atoms with Gasteiger partial charge in [0.1, 0.15) is 6.54 Å². The number of aromatic nitrogens is 2. The third-order valence-corrected chi connectivity index (χ3v) is 2.68. The molecule has 0 aliphatic carbocycles. The van der Waals surface area contributed by atoms with Crippen molar-refractivity contribution in [2.45, 2.75) is 6.54 Å². The van der Waals surface area contributed by atoms with E-state index in [2.05, 4.69) is 15.7 Å². The smallest absolute Gasteiger partial charge is 0.325 e. The number of rotatable bonds is 4. The molecule has 0 aliphatic heterocycles. The van der Waals surface area contributed by atoms with Crippen LogP contribution in [0.15, 0.2) is 30.6 Å². The number of amides is 2. The Labute approximate surface area is 123 Å². The fraction of sp³-hybridized carbons (Fsp3) is 0.0833. The number of carbonyl (C=O) groups is 2. The zero-order valence-electron chi connectivity index (χ0n) is 10.5. The molecule has 1 heterocycles. The molecule has 1 aromatic carbocycles. The summed E-state index contributed by atoms with van der Waals surface area (Å²) in [6, 6.07) is 3.50. The number of carboxylic acids is 1. The molecule has 0 bridgehead atoms. The molecule has 3 N–H and O–H groups in total. The Balaban J connectivity index is 2.00. The molecule has 0 atom stereocenters. The molecule has 1 aromatic heterocycles. The zero-order valence-corrected chi connectivity index (χ0v) is 11.3. The minimum absolute atomic E-state index is 0.0714. The van der Waals surface area contributed by atoms with Gasteiger partial charge < -0.3 is 15.7 Å².